The zero-order valence-electron chi connectivity index (χ0n) is 12.4. The van der Waals surface area contributed by atoms with Crippen LogP contribution in [0.5, 0.6) is 0 Å². The van der Waals surface area contributed by atoms with Gasteiger partial charge in [0.1, 0.15) is 17.9 Å². The van der Waals surface area contributed by atoms with E-state index in [1.807, 2.05) is 6.92 Å². The van der Waals surface area contributed by atoms with Crippen LogP contribution in [0, 0.1) is 30.9 Å². The Hall–Kier alpha value is -2.41. The van der Waals surface area contributed by atoms with E-state index in [1.54, 1.807) is 32.0 Å². The largest absolute Gasteiger partial charge is 0.324 e. The second kappa shape index (κ2) is 6.15. The SMILES string of the molecule is Cc1cc(Cl)ccc1NC(=O)Cn1nc(C)c([N+](=O)[O-])c1C. The van der Waals surface area contributed by atoms with E-state index in [2.05, 4.69) is 10.4 Å². The highest BCUT2D eigenvalue weighted by Gasteiger charge is 2.22. The number of hydrogen-bond donors (Lipinski definition) is 1. The molecular formula is C14H15ClN4O3. The second-order valence-electron chi connectivity index (χ2n) is 4.94. The molecule has 0 fully saturated rings. The first-order valence-electron chi connectivity index (χ1n) is 6.54. The smallest absolute Gasteiger partial charge is 0.312 e. The Kier molecular flexibility index (Phi) is 4.46. The molecule has 1 aromatic carbocycles. The maximum absolute atomic E-state index is 12.1. The summed E-state index contributed by atoms with van der Waals surface area (Å²) in [5.41, 5.74) is 2.06. The molecule has 1 amide bonds. The first kappa shape index (κ1) is 16.0. The Balaban J connectivity index is 2.16. The summed E-state index contributed by atoms with van der Waals surface area (Å²) in [7, 11) is 0. The minimum atomic E-state index is -0.491. The molecule has 0 unspecified atom stereocenters. The Morgan fingerprint density at radius 2 is 2.09 bits per heavy atom. The fourth-order valence-electron chi connectivity index (χ4n) is 2.20. The summed E-state index contributed by atoms with van der Waals surface area (Å²) in [6, 6.07) is 5.13. The van der Waals surface area contributed by atoms with Crippen molar-refractivity contribution < 1.29 is 9.72 Å². The van der Waals surface area contributed by atoms with E-state index in [-0.39, 0.29) is 23.8 Å². The molecule has 7 nitrogen and oxygen atoms in total. The average molecular weight is 323 g/mol. The van der Waals surface area contributed by atoms with Gasteiger partial charge in [-0.2, -0.15) is 5.10 Å². The van der Waals surface area contributed by atoms with Gasteiger partial charge in [0.25, 0.3) is 0 Å². The van der Waals surface area contributed by atoms with Gasteiger partial charge in [-0.25, -0.2) is 0 Å². The van der Waals surface area contributed by atoms with E-state index < -0.39 is 4.92 Å². The number of aromatic nitrogens is 2. The monoisotopic (exact) mass is 322 g/mol. The van der Waals surface area contributed by atoms with E-state index in [4.69, 9.17) is 11.6 Å². The minimum Gasteiger partial charge on any atom is -0.324 e. The van der Waals surface area contributed by atoms with E-state index in [9.17, 15) is 14.9 Å². The summed E-state index contributed by atoms with van der Waals surface area (Å²) in [5, 5.41) is 18.3. The molecule has 0 atom stereocenters. The first-order valence-corrected chi connectivity index (χ1v) is 6.91. The van der Waals surface area contributed by atoms with Crippen LogP contribution in [0.1, 0.15) is 17.0 Å². The van der Waals surface area contributed by atoms with Crippen LogP contribution in [0.2, 0.25) is 5.02 Å². The van der Waals surface area contributed by atoms with Crippen LogP contribution >= 0.6 is 11.6 Å². The van der Waals surface area contributed by atoms with Gasteiger partial charge in [-0.15, -0.1) is 0 Å². The minimum absolute atomic E-state index is 0.0597. The van der Waals surface area contributed by atoms with Crippen LogP contribution in [-0.4, -0.2) is 20.6 Å². The van der Waals surface area contributed by atoms with E-state index >= 15 is 0 Å². The van der Waals surface area contributed by atoms with Gasteiger partial charge in [-0.3, -0.25) is 19.6 Å². The van der Waals surface area contributed by atoms with Crippen molar-refractivity contribution in [2.45, 2.75) is 27.3 Å². The van der Waals surface area contributed by atoms with Crippen LogP contribution in [0.3, 0.4) is 0 Å². The molecular weight excluding hydrogens is 308 g/mol. The molecule has 2 rings (SSSR count). The molecule has 0 aliphatic rings. The summed E-state index contributed by atoms with van der Waals surface area (Å²) >= 11 is 5.86. The van der Waals surface area contributed by atoms with Gasteiger partial charge in [0.15, 0.2) is 0 Å². The number of halogens is 1. The van der Waals surface area contributed by atoms with Crippen molar-refractivity contribution >= 4 is 28.9 Å². The van der Waals surface area contributed by atoms with Gasteiger partial charge in [0.05, 0.1) is 4.92 Å². The third kappa shape index (κ3) is 3.25. The number of carbonyl (C=O) groups excluding carboxylic acids is 1. The first-order chi connectivity index (χ1) is 10.3. The molecule has 1 aromatic heterocycles. The summed E-state index contributed by atoms with van der Waals surface area (Å²) in [6.45, 7) is 4.85. The van der Waals surface area contributed by atoms with Gasteiger partial charge in [0.2, 0.25) is 5.91 Å². The van der Waals surface area contributed by atoms with Crippen LogP contribution in [0.25, 0.3) is 0 Å². The zero-order chi connectivity index (χ0) is 16.4. The highest BCUT2D eigenvalue weighted by atomic mass is 35.5. The number of nitrogens with zero attached hydrogens (tertiary/aromatic N) is 3. The number of amides is 1. The summed E-state index contributed by atoms with van der Waals surface area (Å²) < 4.78 is 1.33. The molecule has 116 valence electrons. The van der Waals surface area contributed by atoms with Gasteiger partial charge >= 0.3 is 5.69 Å². The normalized spacial score (nSPS) is 10.5. The standard InChI is InChI=1S/C14H15ClN4O3/c1-8-6-11(15)4-5-12(8)16-13(20)7-18-10(3)14(19(21)22)9(2)17-18/h4-6H,7H2,1-3H3,(H,16,20). The van der Waals surface area contributed by atoms with Crippen LogP contribution in [0.4, 0.5) is 11.4 Å². The fourth-order valence-corrected chi connectivity index (χ4v) is 2.43. The predicted molar refractivity (Wildman–Crippen MR) is 83.2 cm³/mol. The lowest BCUT2D eigenvalue weighted by atomic mass is 10.2. The Labute approximate surface area is 132 Å². The Morgan fingerprint density at radius 1 is 1.41 bits per heavy atom. The molecule has 0 saturated carbocycles. The molecule has 1 N–H and O–H groups in total. The van der Waals surface area contributed by atoms with Gasteiger partial charge in [-0.1, -0.05) is 11.6 Å². The highest BCUT2D eigenvalue weighted by Crippen LogP contribution is 2.22. The predicted octanol–water partition coefficient (Wildman–Crippen LogP) is 3.01. The van der Waals surface area contributed by atoms with Gasteiger partial charge < -0.3 is 5.32 Å². The average Bonchev–Trinajstić information content (AvgIpc) is 2.67. The molecule has 0 aliphatic heterocycles. The van der Waals surface area contributed by atoms with Crippen molar-refractivity contribution in [3.8, 4) is 0 Å². The Morgan fingerprint density at radius 3 is 2.64 bits per heavy atom. The third-order valence-corrected chi connectivity index (χ3v) is 3.52. The number of hydrogen-bond acceptors (Lipinski definition) is 4. The highest BCUT2D eigenvalue weighted by molar-refractivity contribution is 6.30. The van der Waals surface area contributed by atoms with Crippen LogP contribution < -0.4 is 5.32 Å². The summed E-state index contributed by atoms with van der Waals surface area (Å²) in [6.07, 6.45) is 0. The van der Waals surface area contributed by atoms with Crippen LogP contribution in [0.15, 0.2) is 18.2 Å². The molecule has 0 spiro atoms. The van der Waals surface area contributed by atoms with Gasteiger partial charge in [0, 0.05) is 10.7 Å². The number of benzene rings is 1. The maximum Gasteiger partial charge on any atom is 0.312 e. The van der Waals surface area contributed by atoms with Crippen molar-refractivity contribution in [1.82, 2.24) is 9.78 Å². The van der Waals surface area contributed by atoms with E-state index in [0.717, 1.165) is 5.56 Å². The Bertz CT molecular complexity index is 755. The number of nitrogens with one attached hydrogen (secondary N) is 1. The number of rotatable bonds is 4. The summed E-state index contributed by atoms with van der Waals surface area (Å²) in [4.78, 5) is 22.5. The van der Waals surface area contributed by atoms with Crippen molar-refractivity contribution in [2.75, 3.05) is 5.32 Å². The van der Waals surface area contributed by atoms with Crippen molar-refractivity contribution in [3.63, 3.8) is 0 Å². The lowest BCUT2D eigenvalue weighted by molar-refractivity contribution is -0.386. The lowest BCUT2D eigenvalue weighted by Crippen LogP contribution is -2.20. The number of anilines is 1. The molecule has 1 heterocycles. The van der Waals surface area contributed by atoms with Crippen LogP contribution in [-0.2, 0) is 11.3 Å². The molecule has 0 aliphatic carbocycles. The zero-order valence-corrected chi connectivity index (χ0v) is 13.1. The molecule has 8 heteroatoms. The molecule has 0 radical (unpaired) electrons. The number of aryl methyl sites for hydroxylation is 2. The quantitative estimate of drug-likeness (QED) is 0.692. The maximum atomic E-state index is 12.1. The molecule has 2 aromatic rings. The fraction of sp³-hybridized carbons (Fsp3) is 0.286. The van der Waals surface area contributed by atoms with E-state index in [1.165, 1.54) is 4.68 Å². The number of nitro groups is 1. The van der Waals surface area contributed by atoms with Crippen molar-refractivity contribution in [2.24, 2.45) is 0 Å². The number of carbonyl (C=O) groups is 1. The lowest BCUT2D eigenvalue weighted by Gasteiger charge is -2.09. The van der Waals surface area contributed by atoms with Crippen molar-refractivity contribution in [1.29, 1.82) is 0 Å². The second-order valence-corrected chi connectivity index (χ2v) is 5.38. The van der Waals surface area contributed by atoms with E-state index in [0.29, 0.717) is 16.4 Å². The topological polar surface area (TPSA) is 90.1 Å². The molecule has 0 saturated heterocycles. The van der Waals surface area contributed by atoms with Crippen molar-refractivity contribution in [3.05, 3.63) is 50.3 Å². The third-order valence-electron chi connectivity index (χ3n) is 3.28. The molecule has 22 heavy (non-hydrogen) atoms. The summed E-state index contributed by atoms with van der Waals surface area (Å²) in [5.74, 6) is -0.314. The van der Waals surface area contributed by atoms with Gasteiger partial charge in [-0.05, 0) is 44.5 Å². The molecule has 0 bridgehead atoms.